The number of rotatable bonds is 5. The molecule has 2 nitrogen and oxygen atoms in total. The molecule has 4 N–H and O–H groups in total. The third-order valence-electron chi connectivity index (χ3n) is 2.67. The van der Waals surface area contributed by atoms with Crippen molar-refractivity contribution in [3.63, 3.8) is 0 Å². The molecule has 0 saturated heterocycles. The third kappa shape index (κ3) is 4.79. The fourth-order valence-electron chi connectivity index (χ4n) is 2.08. The van der Waals surface area contributed by atoms with Crippen molar-refractivity contribution in [1.29, 1.82) is 0 Å². The van der Waals surface area contributed by atoms with Crippen molar-refractivity contribution in [3.05, 3.63) is 35.4 Å². The van der Waals surface area contributed by atoms with Crippen LogP contribution in [0.1, 0.15) is 38.2 Å². The number of halogens is 2. The van der Waals surface area contributed by atoms with Crippen LogP contribution in [0.15, 0.2) is 18.2 Å². The van der Waals surface area contributed by atoms with E-state index in [2.05, 4.69) is 0 Å². The molecular weight excluding hydrogens is 222 g/mol. The van der Waals surface area contributed by atoms with Gasteiger partial charge in [-0.2, -0.15) is 0 Å². The van der Waals surface area contributed by atoms with Crippen LogP contribution in [0.25, 0.3) is 0 Å². The summed E-state index contributed by atoms with van der Waals surface area (Å²) in [6.45, 7) is 3.76. The van der Waals surface area contributed by atoms with E-state index in [1.807, 2.05) is 13.8 Å². The maximum atomic E-state index is 13.2. The van der Waals surface area contributed by atoms with Crippen LogP contribution in [0, 0.1) is 11.6 Å². The first-order valence-electron chi connectivity index (χ1n) is 5.85. The predicted octanol–water partition coefficient (Wildman–Crippen LogP) is 2.52. The lowest BCUT2D eigenvalue weighted by Gasteiger charge is -2.21. The van der Waals surface area contributed by atoms with E-state index in [9.17, 15) is 8.78 Å². The molecule has 0 radical (unpaired) electrons. The Morgan fingerprint density at radius 3 is 1.71 bits per heavy atom. The molecule has 0 aliphatic rings. The Hall–Kier alpha value is -1.00. The molecule has 2 unspecified atom stereocenters. The first kappa shape index (κ1) is 14.1. The van der Waals surface area contributed by atoms with Crippen molar-refractivity contribution in [2.45, 2.75) is 44.7 Å². The summed E-state index contributed by atoms with van der Waals surface area (Å²) >= 11 is 0. The fourth-order valence-corrected chi connectivity index (χ4v) is 2.08. The van der Waals surface area contributed by atoms with Crippen LogP contribution in [0.5, 0.6) is 0 Å². The molecule has 0 amide bonds. The van der Waals surface area contributed by atoms with Gasteiger partial charge in [-0.25, -0.2) is 8.78 Å². The first-order valence-corrected chi connectivity index (χ1v) is 5.85. The van der Waals surface area contributed by atoms with E-state index < -0.39 is 11.6 Å². The van der Waals surface area contributed by atoms with Crippen molar-refractivity contribution in [2.75, 3.05) is 0 Å². The maximum Gasteiger partial charge on any atom is 0.126 e. The van der Waals surface area contributed by atoms with Crippen molar-refractivity contribution < 1.29 is 8.78 Å². The summed E-state index contributed by atoms with van der Waals surface area (Å²) in [6, 6.07) is 3.55. The summed E-state index contributed by atoms with van der Waals surface area (Å²) in [6.07, 6.45) is 1.34. The number of hydrogen-bond donors (Lipinski definition) is 2. The molecule has 96 valence electrons. The van der Waals surface area contributed by atoms with E-state index >= 15 is 0 Å². The van der Waals surface area contributed by atoms with Gasteiger partial charge in [0.15, 0.2) is 0 Å². The second kappa shape index (κ2) is 6.07. The Labute approximate surface area is 101 Å². The molecule has 1 aromatic carbocycles. The Morgan fingerprint density at radius 2 is 1.35 bits per heavy atom. The minimum atomic E-state index is -0.556. The van der Waals surface area contributed by atoms with E-state index in [4.69, 9.17) is 11.5 Å². The van der Waals surface area contributed by atoms with Gasteiger partial charge >= 0.3 is 0 Å². The van der Waals surface area contributed by atoms with Gasteiger partial charge in [0.05, 0.1) is 0 Å². The normalized spacial score (nSPS) is 16.6. The molecule has 0 aromatic heterocycles. The van der Waals surface area contributed by atoms with E-state index in [1.54, 1.807) is 0 Å². The lowest BCUT2D eigenvalue weighted by molar-refractivity contribution is 0.479. The van der Waals surface area contributed by atoms with Crippen molar-refractivity contribution in [2.24, 2.45) is 11.5 Å². The van der Waals surface area contributed by atoms with Crippen LogP contribution >= 0.6 is 0 Å². The highest BCUT2D eigenvalue weighted by molar-refractivity contribution is 5.22. The first-order chi connectivity index (χ1) is 7.88. The highest BCUT2D eigenvalue weighted by atomic mass is 19.1. The Bertz CT molecular complexity index is 334. The van der Waals surface area contributed by atoms with E-state index in [0.29, 0.717) is 18.4 Å². The van der Waals surface area contributed by atoms with Gasteiger partial charge < -0.3 is 11.5 Å². The lowest BCUT2D eigenvalue weighted by Crippen LogP contribution is -2.24. The summed E-state index contributed by atoms with van der Waals surface area (Å²) in [5, 5.41) is 0. The predicted molar refractivity (Wildman–Crippen MR) is 65.6 cm³/mol. The number of hydrogen-bond acceptors (Lipinski definition) is 2. The molecule has 0 heterocycles. The molecule has 1 aromatic rings. The Morgan fingerprint density at radius 1 is 0.941 bits per heavy atom. The minimum absolute atomic E-state index is 0.000185. The average molecular weight is 242 g/mol. The topological polar surface area (TPSA) is 52.0 Å². The summed E-state index contributed by atoms with van der Waals surface area (Å²) in [7, 11) is 0. The molecule has 0 saturated carbocycles. The van der Waals surface area contributed by atoms with Crippen LogP contribution in [0.4, 0.5) is 8.78 Å². The summed E-state index contributed by atoms with van der Waals surface area (Å²) < 4.78 is 26.3. The third-order valence-corrected chi connectivity index (χ3v) is 2.67. The van der Waals surface area contributed by atoms with Gasteiger partial charge in [-0.15, -0.1) is 0 Å². The van der Waals surface area contributed by atoms with Gasteiger partial charge in [0.1, 0.15) is 11.6 Å². The van der Waals surface area contributed by atoms with Gasteiger partial charge in [-0.1, -0.05) is 0 Å². The van der Waals surface area contributed by atoms with E-state index in [1.165, 1.54) is 12.1 Å². The largest absolute Gasteiger partial charge is 0.328 e. The zero-order valence-electron chi connectivity index (χ0n) is 10.3. The maximum absolute atomic E-state index is 13.2. The Kier molecular flexibility index (Phi) is 5.02. The zero-order valence-corrected chi connectivity index (χ0v) is 10.3. The quantitative estimate of drug-likeness (QED) is 0.833. The van der Waals surface area contributed by atoms with Crippen LogP contribution < -0.4 is 11.5 Å². The molecule has 0 aliphatic heterocycles. The molecule has 2 atom stereocenters. The van der Waals surface area contributed by atoms with Crippen LogP contribution in [0.3, 0.4) is 0 Å². The SMILES string of the molecule is CC(N)CC(CC(C)N)c1cc(F)cc(F)c1. The van der Waals surface area contributed by atoms with Crippen molar-refractivity contribution >= 4 is 0 Å². The van der Waals surface area contributed by atoms with E-state index in [-0.39, 0.29) is 18.0 Å². The molecule has 0 aliphatic carbocycles. The van der Waals surface area contributed by atoms with Gasteiger partial charge in [-0.05, 0) is 50.3 Å². The second-order valence-corrected chi connectivity index (χ2v) is 4.83. The summed E-state index contributed by atoms with van der Waals surface area (Å²) in [4.78, 5) is 0. The van der Waals surface area contributed by atoms with Crippen LogP contribution in [-0.4, -0.2) is 12.1 Å². The summed E-state index contributed by atoms with van der Waals surface area (Å²) in [5.41, 5.74) is 12.1. The van der Waals surface area contributed by atoms with Crippen molar-refractivity contribution in [3.8, 4) is 0 Å². The smallest absolute Gasteiger partial charge is 0.126 e. The Balaban J connectivity index is 2.94. The lowest BCUT2D eigenvalue weighted by atomic mass is 9.87. The zero-order chi connectivity index (χ0) is 13.0. The summed E-state index contributed by atoms with van der Waals surface area (Å²) in [5.74, 6) is -1.11. The molecule has 0 bridgehead atoms. The van der Waals surface area contributed by atoms with Gasteiger partial charge in [0.2, 0.25) is 0 Å². The van der Waals surface area contributed by atoms with Gasteiger partial charge in [0, 0.05) is 18.2 Å². The molecule has 4 heteroatoms. The molecule has 0 spiro atoms. The monoisotopic (exact) mass is 242 g/mol. The second-order valence-electron chi connectivity index (χ2n) is 4.83. The average Bonchev–Trinajstić information content (AvgIpc) is 2.13. The highest BCUT2D eigenvalue weighted by Crippen LogP contribution is 2.27. The van der Waals surface area contributed by atoms with Crippen LogP contribution in [-0.2, 0) is 0 Å². The van der Waals surface area contributed by atoms with Gasteiger partial charge in [-0.3, -0.25) is 0 Å². The van der Waals surface area contributed by atoms with E-state index in [0.717, 1.165) is 6.07 Å². The molecule has 0 fully saturated rings. The van der Waals surface area contributed by atoms with Crippen LogP contribution in [0.2, 0.25) is 0 Å². The number of nitrogens with two attached hydrogens (primary N) is 2. The molecule has 1 rings (SSSR count). The fraction of sp³-hybridized carbons (Fsp3) is 0.538. The molecular formula is C13H20F2N2. The highest BCUT2D eigenvalue weighted by Gasteiger charge is 2.17. The molecule has 17 heavy (non-hydrogen) atoms. The minimum Gasteiger partial charge on any atom is -0.328 e. The number of benzene rings is 1. The standard InChI is InChI=1S/C13H20F2N2/c1-8(16)3-10(4-9(2)17)11-5-12(14)7-13(15)6-11/h5-10H,3-4,16-17H2,1-2H3. The van der Waals surface area contributed by atoms with Crippen molar-refractivity contribution in [1.82, 2.24) is 0 Å². The van der Waals surface area contributed by atoms with Gasteiger partial charge in [0.25, 0.3) is 0 Å².